The molecular weight excluding hydrogens is 597 g/mol. The molecule has 0 aliphatic carbocycles. The molecule has 0 spiro atoms. The van der Waals surface area contributed by atoms with Crippen LogP contribution in [0.25, 0.3) is 11.3 Å². The van der Waals surface area contributed by atoms with Gasteiger partial charge in [-0.2, -0.15) is 8.42 Å². The molecule has 1 saturated heterocycles. The zero-order valence-electron chi connectivity index (χ0n) is 17.6. The maximum absolute atomic E-state index is 13.7. The third kappa shape index (κ3) is 6.05. The zero-order chi connectivity index (χ0) is 26.2. The summed E-state index contributed by atoms with van der Waals surface area (Å²) in [5.74, 6) is -4.57. The maximum atomic E-state index is 13.7. The molecule has 0 saturated carbocycles. The average molecular weight is 613 g/mol. The van der Waals surface area contributed by atoms with Gasteiger partial charge in [-0.05, 0) is 34.1 Å². The third-order valence-corrected chi connectivity index (χ3v) is 7.06. The van der Waals surface area contributed by atoms with Crippen LogP contribution in [0.5, 0.6) is 0 Å². The van der Waals surface area contributed by atoms with E-state index in [0.29, 0.717) is 21.5 Å². The predicted molar refractivity (Wildman–Crippen MR) is 120 cm³/mol. The number of aromatic nitrogens is 4. The van der Waals surface area contributed by atoms with Crippen molar-refractivity contribution in [1.29, 1.82) is 0 Å². The topological polar surface area (TPSA) is 157 Å². The number of halogens is 4. The van der Waals surface area contributed by atoms with Crippen molar-refractivity contribution in [2.24, 2.45) is 0 Å². The normalized spacial score (nSPS) is 24.7. The van der Waals surface area contributed by atoms with Gasteiger partial charge in [-0.1, -0.05) is 17.0 Å². The monoisotopic (exact) mass is 612 g/mol. The SMILES string of the molecule is O=S(=O)(O)OCC1O[C@H](Sc2cncc(Br)c2)C(O)[C@@H](n2cc(-c3cc(F)c(F)c(F)c3)nn2)[C@H]1O. The Labute approximate surface area is 214 Å². The van der Waals surface area contributed by atoms with E-state index in [2.05, 4.69) is 35.4 Å². The Kier molecular flexibility index (Phi) is 8.01. The fourth-order valence-electron chi connectivity index (χ4n) is 3.47. The Morgan fingerprint density at radius 3 is 2.47 bits per heavy atom. The molecule has 194 valence electrons. The van der Waals surface area contributed by atoms with Gasteiger partial charge in [-0.25, -0.2) is 22.0 Å². The van der Waals surface area contributed by atoms with Gasteiger partial charge in [0, 0.05) is 27.3 Å². The first-order valence-electron chi connectivity index (χ1n) is 9.90. The van der Waals surface area contributed by atoms with E-state index in [1.807, 2.05) is 0 Å². The summed E-state index contributed by atoms with van der Waals surface area (Å²) in [5.41, 5.74) is -1.39. The number of nitrogens with zero attached hydrogens (tertiary/aromatic N) is 4. The van der Waals surface area contributed by atoms with Crippen LogP contribution < -0.4 is 0 Å². The van der Waals surface area contributed by atoms with Gasteiger partial charge in [0.05, 0.1) is 12.8 Å². The number of ether oxygens (including phenoxy) is 1. The molecule has 3 aromatic rings. The van der Waals surface area contributed by atoms with E-state index in [0.717, 1.165) is 22.6 Å². The lowest BCUT2D eigenvalue weighted by molar-refractivity contribution is -0.176. The molecule has 1 aromatic carbocycles. The lowest BCUT2D eigenvalue weighted by Crippen LogP contribution is -2.55. The Bertz CT molecular complexity index is 1340. The third-order valence-electron chi connectivity index (χ3n) is 5.08. The summed E-state index contributed by atoms with van der Waals surface area (Å²) < 4.78 is 83.3. The summed E-state index contributed by atoms with van der Waals surface area (Å²) in [6.45, 7) is -0.813. The van der Waals surface area contributed by atoms with E-state index in [1.165, 1.54) is 12.4 Å². The molecule has 0 amide bonds. The fraction of sp³-hybridized carbons (Fsp3) is 0.316. The minimum Gasteiger partial charge on any atom is -0.388 e. The minimum atomic E-state index is -4.88. The molecule has 17 heteroatoms. The Hall–Kier alpha value is -2.12. The highest BCUT2D eigenvalue weighted by molar-refractivity contribution is 9.10. The number of hydrogen-bond donors (Lipinski definition) is 3. The molecule has 1 aliphatic heterocycles. The minimum absolute atomic E-state index is 0.107. The van der Waals surface area contributed by atoms with Gasteiger partial charge in [0.1, 0.15) is 35.5 Å². The van der Waals surface area contributed by atoms with E-state index >= 15 is 0 Å². The summed E-state index contributed by atoms with van der Waals surface area (Å²) in [6.07, 6.45) is -0.364. The quantitative estimate of drug-likeness (QED) is 0.265. The summed E-state index contributed by atoms with van der Waals surface area (Å²) in [6, 6.07) is 1.75. The second-order valence-electron chi connectivity index (χ2n) is 7.52. The smallest absolute Gasteiger partial charge is 0.388 e. The van der Waals surface area contributed by atoms with Gasteiger partial charge >= 0.3 is 10.4 Å². The van der Waals surface area contributed by atoms with Gasteiger partial charge in [0.25, 0.3) is 0 Å². The molecule has 0 bridgehead atoms. The maximum Gasteiger partial charge on any atom is 0.397 e. The van der Waals surface area contributed by atoms with Gasteiger partial charge in [0.2, 0.25) is 0 Å². The second-order valence-corrected chi connectivity index (χ2v) is 10.7. The largest absolute Gasteiger partial charge is 0.397 e. The molecule has 2 aromatic heterocycles. The van der Waals surface area contributed by atoms with Crippen LogP contribution in [0.4, 0.5) is 13.2 Å². The first-order valence-corrected chi connectivity index (χ1v) is 12.9. The van der Waals surface area contributed by atoms with Crippen LogP contribution in [0.3, 0.4) is 0 Å². The Morgan fingerprint density at radius 1 is 1.14 bits per heavy atom. The van der Waals surface area contributed by atoms with E-state index in [1.54, 1.807) is 6.07 Å². The van der Waals surface area contributed by atoms with Crippen molar-refractivity contribution in [2.45, 2.75) is 34.7 Å². The second kappa shape index (κ2) is 10.7. The van der Waals surface area contributed by atoms with Crippen molar-refractivity contribution in [2.75, 3.05) is 6.61 Å². The molecule has 2 unspecified atom stereocenters. The Balaban J connectivity index is 1.66. The van der Waals surface area contributed by atoms with Gasteiger partial charge in [-0.15, -0.1) is 5.10 Å². The number of rotatable bonds is 7. The van der Waals surface area contributed by atoms with Crippen molar-refractivity contribution in [3.8, 4) is 11.3 Å². The van der Waals surface area contributed by atoms with Crippen LogP contribution in [-0.2, 0) is 19.3 Å². The van der Waals surface area contributed by atoms with Crippen LogP contribution >= 0.6 is 27.7 Å². The van der Waals surface area contributed by atoms with E-state index in [4.69, 9.17) is 9.29 Å². The van der Waals surface area contributed by atoms with E-state index < -0.39 is 64.2 Å². The van der Waals surface area contributed by atoms with Gasteiger partial charge < -0.3 is 14.9 Å². The van der Waals surface area contributed by atoms with Crippen molar-refractivity contribution >= 4 is 38.1 Å². The lowest BCUT2D eigenvalue weighted by atomic mass is 9.97. The summed E-state index contributed by atoms with van der Waals surface area (Å²) >= 11 is 4.25. The van der Waals surface area contributed by atoms with Crippen molar-refractivity contribution < 1.29 is 45.3 Å². The van der Waals surface area contributed by atoms with Crippen molar-refractivity contribution in [3.05, 3.63) is 58.7 Å². The summed E-state index contributed by atoms with van der Waals surface area (Å²) in [4.78, 5) is 4.54. The number of thioether (sulfide) groups is 1. The highest BCUT2D eigenvalue weighted by Crippen LogP contribution is 2.39. The lowest BCUT2D eigenvalue weighted by Gasteiger charge is -2.42. The van der Waals surface area contributed by atoms with E-state index in [9.17, 15) is 31.8 Å². The van der Waals surface area contributed by atoms with Crippen LogP contribution in [0.15, 0.2) is 46.2 Å². The highest BCUT2D eigenvalue weighted by Gasteiger charge is 2.47. The number of pyridine rings is 1. The molecule has 11 nitrogen and oxygen atoms in total. The molecule has 3 heterocycles. The van der Waals surface area contributed by atoms with Crippen LogP contribution in [-0.4, -0.2) is 73.5 Å². The molecular formula is C19H16BrF3N4O7S2. The first-order chi connectivity index (χ1) is 16.9. The van der Waals surface area contributed by atoms with Crippen LogP contribution in [0.1, 0.15) is 6.04 Å². The predicted octanol–water partition coefficient (Wildman–Crippen LogP) is 2.12. The van der Waals surface area contributed by atoms with Crippen LogP contribution in [0, 0.1) is 17.5 Å². The van der Waals surface area contributed by atoms with E-state index in [-0.39, 0.29) is 11.3 Å². The van der Waals surface area contributed by atoms with Crippen molar-refractivity contribution in [1.82, 2.24) is 20.0 Å². The van der Waals surface area contributed by atoms with Crippen molar-refractivity contribution in [3.63, 3.8) is 0 Å². The average Bonchev–Trinajstić information content (AvgIpc) is 3.27. The first kappa shape index (κ1) is 26.9. The molecule has 1 fully saturated rings. The molecule has 36 heavy (non-hydrogen) atoms. The number of benzene rings is 1. The summed E-state index contributed by atoms with van der Waals surface area (Å²) in [5, 5.41) is 29.5. The molecule has 5 atom stereocenters. The fourth-order valence-corrected chi connectivity index (χ4v) is 5.37. The standard InChI is InChI=1S/C19H16BrF3N4O7S2/c20-9-3-10(5-24-4-9)35-19-18(29)16(17(28)14(34-19)7-33-36(30,31)32)27-6-13(25-26-27)8-1-11(21)15(23)12(22)2-8/h1-6,14,16-19,28-29H,7H2,(H,30,31,32)/t14?,16-,17-,18?,19+/m0/s1. The number of hydrogen-bond acceptors (Lipinski definition) is 10. The number of aliphatic hydroxyl groups excluding tert-OH is 2. The van der Waals surface area contributed by atoms with Gasteiger partial charge in [0.15, 0.2) is 17.5 Å². The van der Waals surface area contributed by atoms with Gasteiger partial charge in [-0.3, -0.25) is 9.54 Å². The highest BCUT2D eigenvalue weighted by atomic mass is 79.9. The molecule has 0 radical (unpaired) electrons. The Morgan fingerprint density at radius 2 is 1.83 bits per heavy atom. The molecule has 1 aliphatic rings. The zero-order valence-corrected chi connectivity index (χ0v) is 20.9. The summed E-state index contributed by atoms with van der Waals surface area (Å²) in [7, 11) is -4.88. The molecule has 4 rings (SSSR count). The van der Waals surface area contributed by atoms with Crippen LogP contribution in [0.2, 0.25) is 0 Å². The number of aliphatic hydroxyl groups is 2. The molecule has 3 N–H and O–H groups in total.